The van der Waals surface area contributed by atoms with Crippen LogP contribution in [0.3, 0.4) is 0 Å². The normalized spacial score (nSPS) is 14.1. The molecule has 0 aliphatic carbocycles. The number of carbonyl (C=O) groups is 1. The van der Waals surface area contributed by atoms with Gasteiger partial charge >= 0.3 is 6.03 Å². The average Bonchev–Trinajstić information content (AvgIpc) is 2.80. The fourth-order valence-electron chi connectivity index (χ4n) is 3.78. The van der Waals surface area contributed by atoms with Crippen molar-refractivity contribution in [2.24, 2.45) is 0 Å². The van der Waals surface area contributed by atoms with Gasteiger partial charge < -0.3 is 10.2 Å². The molecule has 31 heavy (non-hydrogen) atoms. The number of nitrogens with zero attached hydrogens (tertiary/aromatic N) is 5. The maximum Gasteiger partial charge on any atom is 0.323 e. The highest BCUT2D eigenvalue weighted by Crippen LogP contribution is 2.21. The first-order valence-electron chi connectivity index (χ1n) is 10.7. The number of carbonyl (C=O) groups excluding carboxylic acids is 1. The number of amides is 2. The molecule has 1 fully saturated rings. The first-order valence-corrected chi connectivity index (χ1v) is 10.7. The van der Waals surface area contributed by atoms with Crippen LogP contribution in [0.25, 0.3) is 22.4 Å². The highest BCUT2D eigenvalue weighted by molar-refractivity contribution is 5.92. The number of halogens is 1. The molecule has 1 saturated heterocycles. The summed E-state index contributed by atoms with van der Waals surface area (Å²) in [7, 11) is 0. The quantitative estimate of drug-likeness (QED) is 0.623. The fraction of sp³-hybridized carbons (Fsp3) is 0.391. The van der Waals surface area contributed by atoms with E-state index < -0.39 is 0 Å². The third-order valence-electron chi connectivity index (χ3n) is 5.40. The van der Waals surface area contributed by atoms with E-state index in [0.717, 1.165) is 30.9 Å². The smallest absolute Gasteiger partial charge is 0.323 e. The number of urea groups is 1. The topological polar surface area (TPSA) is 74.2 Å². The molecular weight excluding hydrogens is 412 g/mol. The molecule has 0 bridgehead atoms. The molecule has 3 aromatic rings. The Morgan fingerprint density at radius 2 is 1.84 bits per heavy atom. The van der Waals surface area contributed by atoms with Gasteiger partial charge in [-0.1, -0.05) is 36.8 Å². The molecule has 0 unspecified atom stereocenters. The summed E-state index contributed by atoms with van der Waals surface area (Å²) >= 11 is 0. The Labute approximate surface area is 189 Å². The van der Waals surface area contributed by atoms with Crippen molar-refractivity contribution in [2.45, 2.75) is 26.2 Å². The SMILES string of the molecule is CCNC(=O)N(CCN1CCCCC1)c1ccc2ncc(-c3ccccc3)nc2n1.Cl. The summed E-state index contributed by atoms with van der Waals surface area (Å²) in [6.07, 6.45) is 5.52. The Morgan fingerprint density at radius 1 is 1.06 bits per heavy atom. The molecule has 0 atom stereocenters. The number of benzene rings is 1. The van der Waals surface area contributed by atoms with Crippen molar-refractivity contribution < 1.29 is 4.79 Å². The molecule has 1 N–H and O–H groups in total. The largest absolute Gasteiger partial charge is 0.338 e. The predicted octanol–water partition coefficient (Wildman–Crippen LogP) is 4.14. The van der Waals surface area contributed by atoms with Gasteiger partial charge in [0.1, 0.15) is 11.3 Å². The maximum atomic E-state index is 12.8. The minimum atomic E-state index is -0.131. The van der Waals surface area contributed by atoms with Gasteiger partial charge in [0.15, 0.2) is 5.65 Å². The molecule has 4 rings (SSSR count). The minimum Gasteiger partial charge on any atom is -0.338 e. The van der Waals surface area contributed by atoms with E-state index in [9.17, 15) is 4.79 Å². The van der Waals surface area contributed by atoms with Crippen LogP contribution in [-0.2, 0) is 0 Å². The van der Waals surface area contributed by atoms with Crippen LogP contribution in [0.1, 0.15) is 26.2 Å². The molecule has 1 aliphatic rings. The molecule has 164 valence electrons. The Kier molecular flexibility index (Phi) is 8.14. The minimum absolute atomic E-state index is 0. The van der Waals surface area contributed by atoms with Crippen LogP contribution >= 0.6 is 12.4 Å². The fourth-order valence-corrected chi connectivity index (χ4v) is 3.78. The summed E-state index contributed by atoms with van der Waals surface area (Å²) in [5.74, 6) is 0.602. The number of nitrogens with one attached hydrogen (secondary N) is 1. The van der Waals surface area contributed by atoms with Crippen LogP contribution in [0, 0.1) is 0 Å². The Hall–Kier alpha value is -2.77. The summed E-state index contributed by atoms with van der Waals surface area (Å²) in [4.78, 5) is 30.8. The zero-order valence-electron chi connectivity index (χ0n) is 17.8. The molecule has 0 radical (unpaired) electrons. The number of pyridine rings is 1. The number of likely N-dealkylation sites (tertiary alicyclic amines) is 1. The maximum absolute atomic E-state index is 12.8. The summed E-state index contributed by atoms with van der Waals surface area (Å²) in [6, 6.07) is 13.5. The lowest BCUT2D eigenvalue weighted by atomic mass is 10.1. The van der Waals surface area contributed by atoms with Gasteiger partial charge in [0, 0.05) is 25.2 Å². The van der Waals surface area contributed by atoms with Crippen molar-refractivity contribution in [1.82, 2.24) is 25.2 Å². The van der Waals surface area contributed by atoms with Crippen LogP contribution in [0.15, 0.2) is 48.7 Å². The zero-order chi connectivity index (χ0) is 20.8. The van der Waals surface area contributed by atoms with Crippen LogP contribution in [0.2, 0.25) is 0 Å². The number of anilines is 1. The second-order valence-electron chi connectivity index (χ2n) is 7.52. The highest BCUT2D eigenvalue weighted by atomic mass is 35.5. The molecule has 3 heterocycles. The van der Waals surface area contributed by atoms with E-state index in [-0.39, 0.29) is 18.4 Å². The number of hydrogen-bond acceptors (Lipinski definition) is 5. The number of piperidine rings is 1. The van der Waals surface area contributed by atoms with Gasteiger partial charge in [0.2, 0.25) is 0 Å². The summed E-state index contributed by atoms with van der Waals surface area (Å²) in [6.45, 7) is 6.13. The van der Waals surface area contributed by atoms with Crippen LogP contribution in [0.5, 0.6) is 0 Å². The predicted molar refractivity (Wildman–Crippen MR) is 127 cm³/mol. The van der Waals surface area contributed by atoms with Crippen LogP contribution in [-0.4, -0.2) is 58.6 Å². The van der Waals surface area contributed by atoms with E-state index in [0.29, 0.717) is 30.1 Å². The van der Waals surface area contributed by atoms with E-state index >= 15 is 0 Å². The Morgan fingerprint density at radius 3 is 2.58 bits per heavy atom. The Bertz CT molecular complexity index is 994. The van der Waals surface area contributed by atoms with Gasteiger partial charge in [-0.3, -0.25) is 9.88 Å². The lowest BCUT2D eigenvalue weighted by Crippen LogP contribution is -2.45. The molecule has 8 heteroatoms. The molecule has 2 amide bonds. The number of aromatic nitrogens is 3. The van der Waals surface area contributed by atoms with Crippen molar-refractivity contribution in [3.05, 3.63) is 48.7 Å². The van der Waals surface area contributed by atoms with Crippen molar-refractivity contribution in [2.75, 3.05) is 37.6 Å². The second-order valence-corrected chi connectivity index (χ2v) is 7.52. The monoisotopic (exact) mass is 440 g/mol. The Balaban J connectivity index is 0.00000272. The van der Waals surface area contributed by atoms with Gasteiger partial charge in [-0.25, -0.2) is 14.8 Å². The zero-order valence-corrected chi connectivity index (χ0v) is 18.6. The van der Waals surface area contributed by atoms with E-state index in [1.54, 1.807) is 11.1 Å². The van der Waals surface area contributed by atoms with Crippen molar-refractivity contribution in [1.29, 1.82) is 0 Å². The molecule has 0 spiro atoms. The van der Waals surface area contributed by atoms with E-state index in [4.69, 9.17) is 9.97 Å². The second kappa shape index (κ2) is 11.0. The average molecular weight is 441 g/mol. The number of fused-ring (bicyclic) bond motifs is 1. The summed E-state index contributed by atoms with van der Waals surface area (Å²) in [5.41, 5.74) is 3.02. The third kappa shape index (κ3) is 5.68. The van der Waals surface area contributed by atoms with Gasteiger partial charge in [-0.15, -0.1) is 12.4 Å². The molecule has 7 nitrogen and oxygen atoms in total. The van der Waals surface area contributed by atoms with Crippen molar-refractivity contribution >= 4 is 35.4 Å². The van der Waals surface area contributed by atoms with Crippen molar-refractivity contribution in [3.63, 3.8) is 0 Å². The first-order chi connectivity index (χ1) is 14.7. The number of hydrogen-bond donors (Lipinski definition) is 1. The van der Waals surface area contributed by atoms with E-state index in [1.165, 1.54) is 19.3 Å². The van der Waals surface area contributed by atoms with E-state index in [2.05, 4.69) is 15.2 Å². The van der Waals surface area contributed by atoms with Crippen molar-refractivity contribution in [3.8, 4) is 11.3 Å². The molecule has 0 saturated carbocycles. The molecule has 1 aliphatic heterocycles. The molecule has 2 aromatic heterocycles. The van der Waals surface area contributed by atoms with Crippen LogP contribution < -0.4 is 10.2 Å². The van der Waals surface area contributed by atoms with Gasteiger partial charge in [-0.2, -0.15) is 0 Å². The van der Waals surface area contributed by atoms with Crippen LogP contribution in [0.4, 0.5) is 10.6 Å². The lowest BCUT2D eigenvalue weighted by Gasteiger charge is -2.29. The number of rotatable bonds is 6. The standard InChI is InChI=1S/C23H28N6O.ClH/c1-2-24-23(30)29(16-15-28-13-7-4-8-14-28)21-12-11-19-22(27-21)26-20(17-25-19)18-9-5-3-6-10-18;/h3,5-6,9-12,17H,2,4,7-8,13-16H2,1H3,(H,24,30);1H. The highest BCUT2D eigenvalue weighted by Gasteiger charge is 2.19. The first kappa shape index (κ1) is 22.9. The van der Waals surface area contributed by atoms with Gasteiger partial charge in [-0.05, 0) is 45.0 Å². The third-order valence-corrected chi connectivity index (χ3v) is 5.40. The van der Waals surface area contributed by atoms with Gasteiger partial charge in [0.05, 0.1) is 11.9 Å². The molecule has 1 aromatic carbocycles. The summed E-state index contributed by atoms with van der Waals surface area (Å²) < 4.78 is 0. The lowest BCUT2D eigenvalue weighted by molar-refractivity contribution is 0.227. The molecular formula is C23H29ClN6O. The van der Waals surface area contributed by atoms with E-state index in [1.807, 2.05) is 49.4 Å². The summed E-state index contributed by atoms with van der Waals surface area (Å²) in [5, 5.41) is 2.91. The van der Waals surface area contributed by atoms with Gasteiger partial charge in [0.25, 0.3) is 0 Å².